The molecule has 10 heteroatoms. The summed E-state index contributed by atoms with van der Waals surface area (Å²) < 4.78 is 63.2. The zero-order valence-electron chi connectivity index (χ0n) is 17.6. The van der Waals surface area contributed by atoms with E-state index in [0.29, 0.717) is 24.7 Å². The van der Waals surface area contributed by atoms with Crippen molar-refractivity contribution < 1.29 is 31.2 Å². The Hall–Kier alpha value is -2.88. The van der Waals surface area contributed by atoms with Crippen molar-refractivity contribution in [3.05, 3.63) is 59.7 Å². The molecule has 1 N–H and O–H groups in total. The number of amides is 2. The molecule has 0 atom stereocenters. The van der Waals surface area contributed by atoms with Crippen LogP contribution in [0.15, 0.2) is 53.4 Å². The highest BCUT2D eigenvalue weighted by Crippen LogP contribution is 2.33. The third kappa shape index (κ3) is 4.79. The van der Waals surface area contributed by atoms with Crippen LogP contribution in [0, 0.1) is 0 Å². The van der Waals surface area contributed by atoms with E-state index >= 15 is 0 Å². The van der Waals surface area contributed by atoms with Gasteiger partial charge in [0, 0.05) is 30.8 Å². The number of carbonyl (C=O) groups is 2. The van der Waals surface area contributed by atoms with Crippen molar-refractivity contribution in [3.8, 4) is 0 Å². The van der Waals surface area contributed by atoms with Gasteiger partial charge in [0.05, 0.1) is 15.2 Å². The Labute approximate surface area is 184 Å². The first-order valence-electron chi connectivity index (χ1n) is 9.93. The van der Waals surface area contributed by atoms with E-state index in [-0.39, 0.29) is 18.0 Å². The van der Waals surface area contributed by atoms with Gasteiger partial charge in [-0.05, 0) is 62.7 Å². The topological polar surface area (TPSA) is 83.6 Å². The Kier molecular flexibility index (Phi) is 6.37. The molecule has 2 amide bonds. The summed E-state index contributed by atoms with van der Waals surface area (Å²) in [5.41, 5.74) is -0.112. The fourth-order valence-electron chi connectivity index (χ4n) is 3.36. The molecule has 1 heterocycles. The fraction of sp³-hybridized carbons (Fsp3) is 0.364. The minimum absolute atomic E-state index is 0.0174. The van der Waals surface area contributed by atoms with Crippen molar-refractivity contribution >= 4 is 27.3 Å². The fourth-order valence-corrected chi connectivity index (χ4v) is 4.80. The third-order valence-electron chi connectivity index (χ3n) is 5.39. The van der Waals surface area contributed by atoms with Gasteiger partial charge in [-0.1, -0.05) is 6.07 Å². The van der Waals surface area contributed by atoms with E-state index in [1.807, 2.05) is 0 Å². The lowest BCUT2D eigenvalue weighted by Gasteiger charge is -2.25. The number of halogens is 3. The van der Waals surface area contributed by atoms with Crippen LogP contribution in [0.2, 0.25) is 0 Å². The molecule has 32 heavy (non-hydrogen) atoms. The van der Waals surface area contributed by atoms with Crippen LogP contribution in [0.25, 0.3) is 0 Å². The van der Waals surface area contributed by atoms with E-state index in [1.54, 1.807) is 17.0 Å². The molecule has 6 nitrogen and oxygen atoms in total. The van der Waals surface area contributed by atoms with Crippen LogP contribution in [0.4, 0.5) is 18.9 Å². The lowest BCUT2D eigenvalue weighted by Crippen LogP contribution is -2.44. The second kappa shape index (κ2) is 8.57. The van der Waals surface area contributed by atoms with E-state index in [9.17, 15) is 31.2 Å². The quantitative estimate of drug-likeness (QED) is 0.699. The van der Waals surface area contributed by atoms with Crippen molar-refractivity contribution in [2.75, 3.05) is 18.0 Å². The number of carbonyl (C=O) groups excluding carboxylic acids is 2. The molecule has 1 aliphatic heterocycles. The Bertz CT molecular complexity index is 1130. The highest BCUT2D eigenvalue weighted by atomic mass is 32.2. The second-order valence-electron chi connectivity index (χ2n) is 8.17. The molecule has 2 aromatic carbocycles. The number of nitrogens with one attached hydrogen (secondary N) is 1. The number of sulfone groups is 1. The molecule has 0 radical (unpaired) electrons. The maximum atomic E-state index is 13.0. The van der Waals surface area contributed by atoms with Gasteiger partial charge in [-0.2, -0.15) is 13.2 Å². The largest absolute Gasteiger partial charge is 0.416 e. The molecule has 172 valence electrons. The number of hydrogen-bond acceptors (Lipinski definition) is 4. The smallest absolute Gasteiger partial charge is 0.350 e. The van der Waals surface area contributed by atoms with Gasteiger partial charge in [0.1, 0.15) is 0 Å². The summed E-state index contributed by atoms with van der Waals surface area (Å²) in [7, 11) is -4.18. The van der Waals surface area contributed by atoms with Gasteiger partial charge in [0.2, 0.25) is 5.91 Å². The van der Waals surface area contributed by atoms with Gasteiger partial charge < -0.3 is 10.2 Å². The van der Waals surface area contributed by atoms with Crippen molar-refractivity contribution in [1.29, 1.82) is 0 Å². The maximum absolute atomic E-state index is 13.0. The van der Waals surface area contributed by atoms with E-state index < -0.39 is 37.1 Å². The summed E-state index contributed by atoms with van der Waals surface area (Å²) in [6.07, 6.45) is -3.41. The van der Waals surface area contributed by atoms with Crippen LogP contribution in [0.1, 0.15) is 42.6 Å². The standard InChI is InChI=1S/C22H23F3N2O4S/c1-21(2,32(30,31)18-6-3-5-16(13-18)22(23,24)25)14-26-20(29)15-8-10-17(11-9-15)27-12-4-7-19(27)28/h3,5-6,8-11,13H,4,7,12,14H2,1-2H3,(H,26,29). The SMILES string of the molecule is CC(C)(CNC(=O)c1ccc(N2CCCC2=O)cc1)S(=O)(=O)c1cccc(C(F)(F)F)c1. The van der Waals surface area contributed by atoms with Gasteiger partial charge in [0.25, 0.3) is 5.91 Å². The first kappa shape index (κ1) is 23.8. The number of hydrogen-bond donors (Lipinski definition) is 1. The molecule has 3 rings (SSSR count). The maximum Gasteiger partial charge on any atom is 0.416 e. The van der Waals surface area contributed by atoms with E-state index in [2.05, 4.69) is 5.32 Å². The summed E-state index contributed by atoms with van der Waals surface area (Å²) >= 11 is 0. The van der Waals surface area contributed by atoms with E-state index in [1.165, 1.54) is 26.0 Å². The van der Waals surface area contributed by atoms with Crippen LogP contribution < -0.4 is 10.2 Å². The van der Waals surface area contributed by atoms with Gasteiger partial charge in [-0.25, -0.2) is 8.42 Å². The number of nitrogens with zero attached hydrogens (tertiary/aromatic N) is 1. The summed E-state index contributed by atoms with van der Waals surface area (Å²) in [6.45, 7) is 2.98. The first-order chi connectivity index (χ1) is 14.8. The predicted molar refractivity (Wildman–Crippen MR) is 113 cm³/mol. The average Bonchev–Trinajstić information content (AvgIpc) is 3.17. The van der Waals surface area contributed by atoms with Crippen molar-refractivity contribution in [3.63, 3.8) is 0 Å². The minimum Gasteiger partial charge on any atom is -0.350 e. The highest BCUT2D eigenvalue weighted by molar-refractivity contribution is 7.92. The van der Waals surface area contributed by atoms with Crippen LogP contribution in [-0.2, 0) is 20.8 Å². The summed E-state index contributed by atoms with van der Waals surface area (Å²) in [5, 5.41) is 2.54. The molecule has 0 unspecified atom stereocenters. The lowest BCUT2D eigenvalue weighted by atomic mass is 10.1. The molecule has 0 spiro atoms. The van der Waals surface area contributed by atoms with Crippen molar-refractivity contribution in [2.24, 2.45) is 0 Å². The van der Waals surface area contributed by atoms with Crippen molar-refractivity contribution in [1.82, 2.24) is 5.32 Å². The Morgan fingerprint density at radius 1 is 1.09 bits per heavy atom. The Morgan fingerprint density at radius 3 is 2.31 bits per heavy atom. The molecular weight excluding hydrogens is 445 g/mol. The zero-order valence-corrected chi connectivity index (χ0v) is 18.4. The van der Waals surface area contributed by atoms with E-state index in [0.717, 1.165) is 24.6 Å². The minimum atomic E-state index is -4.67. The molecule has 2 aromatic rings. The molecule has 0 aromatic heterocycles. The number of benzene rings is 2. The van der Waals surface area contributed by atoms with Crippen molar-refractivity contribution in [2.45, 2.75) is 42.5 Å². The number of anilines is 1. The molecule has 0 aliphatic carbocycles. The lowest BCUT2D eigenvalue weighted by molar-refractivity contribution is -0.137. The van der Waals surface area contributed by atoms with Crippen LogP contribution in [0.5, 0.6) is 0 Å². The second-order valence-corrected chi connectivity index (χ2v) is 10.8. The average molecular weight is 468 g/mol. The van der Waals surface area contributed by atoms with Gasteiger partial charge in [-0.15, -0.1) is 0 Å². The molecule has 0 saturated carbocycles. The van der Waals surface area contributed by atoms with Crippen LogP contribution in [0.3, 0.4) is 0 Å². The summed E-state index contributed by atoms with van der Waals surface area (Å²) in [4.78, 5) is 25.5. The van der Waals surface area contributed by atoms with Crippen LogP contribution in [-0.4, -0.2) is 38.1 Å². The van der Waals surface area contributed by atoms with Crippen LogP contribution >= 0.6 is 0 Å². The molecule has 0 bridgehead atoms. The highest BCUT2D eigenvalue weighted by Gasteiger charge is 2.38. The van der Waals surface area contributed by atoms with Gasteiger partial charge >= 0.3 is 6.18 Å². The summed E-state index contributed by atoms with van der Waals surface area (Å²) in [5.74, 6) is -0.514. The normalized spacial score (nSPS) is 15.2. The molecule has 1 aliphatic rings. The molecule has 1 saturated heterocycles. The Balaban J connectivity index is 1.71. The zero-order chi connectivity index (χ0) is 23.7. The number of alkyl halides is 3. The van der Waals surface area contributed by atoms with E-state index in [4.69, 9.17) is 0 Å². The number of rotatable bonds is 6. The molecular formula is C22H23F3N2O4S. The Morgan fingerprint density at radius 2 is 1.75 bits per heavy atom. The van der Waals surface area contributed by atoms with Gasteiger partial charge in [-0.3, -0.25) is 9.59 Å². The third-order valence-corrected chi connectivity index (χ3v) is 7.86. The first-order valence-corrected chi connectivity index (χ1v) is 11.4. The monoisotopic (exact) mass is 468 g/mol. The van der Waals surface area contributed by atoms with Gasteiger partial charge in [0.15, 0.2) is 9.84 Å². The predicted octanol–water partition coefficient (Wildman–Crippen LogP) is 3.81. The molecule has 1 fully saturated rings. The summed E-state index contributed by atoms with van der Waals surface area (Å²) in [6, 6.07) is 9.88.